The summed E-state index contributed by atoms with van der Waals surface area (Å²) in [4.78, 5) is 11.3. The number of thioether (sulfide) groups is 1. The molecule has 0 spiro atoms. The summed E-state index contributed by atoms with van der Waals surface area (Å²) < 4.78 is 38.7. The molecule has 2 nitrogen and oxygen atoms in total. The van der Waals surface area contributed by atoms with Crippen LogP contribution in [-0.2, 0) is 11.2 Å². The van der Waals surface area contributed by atoms with Crippen LogP contribution in [0.15, 0.2) is 17.0 Å². The molecule has 0 aliphatic carbocycles. The van der Waals surface area contributed by atoms with Crippen LogP contribution in [0.1, 0.15) is 5.56 Å². The van der Waals surface area contributed by atoms with E-state index in [0.717, 1.165) is 0 Å². The van der Waals surface area contributed by atoms with Gasteiger partial charge in [0.05, 0.1) is 10.9 Å². The fraction of sp³-hybridized carbons (Fsp3) is 0.364. The summed E-state index contributed by atoms with van der Waals surface area (Å²) in [6, 6.07) is 2.81. The van der Waals surface area contributed by atoms with Crippen LogP contribution in [0.25, 0.3) is 0 Å². The van der Waals surface area contributed by atoms with Crippen molar-refractivity contribution in [2.75, 3.05) is 0 Å². The van der Waals surface area contributed by atoms with E-state index in [1.807, 2.05) is 0 Å². The Bertz CT molecular complexity index is 533. The van der Waals surface area contributed by atoms with Crippen molar-refractivity contribution in [2.24, 2.45) is 5.92 Å². The third-order valence-electron chi connectivity index (χ3n) is 2.78. The van der Waals surface area contributed by atoms with Gasteiger partial charge in [0.2, 0.25) is 0 Å². The van der Waals surface area contributed by atoms with Gasteiger partial charge in [-0.15, -0.1) is 11.8 Å². The monoisotopic (exact) mass is 330 g/mol. The van der Waals surface area contributed by atoms with Gasteiger partial charge in [-0.3, -0.25) is 4.79 Å². The molecular formula is C11H7Cl2F3O2S. The highest BCUT2D eigenvalue weighted by atomic mass is 35.5. The second-order valence-corrected chi connectivity index (χ2v) is 6.10. The molecule has 1 aromatic rings. The van der Waals surface area contributed by atoms with E-state index in [9.17, 15) is 18.0 Å². The molecule has 1 N–H and O–H groups in total. The predicted octanol–water partition coefficient (Wildman–Crippen LogP) is 4.27. The van der Waals surface area contributed by atoms with Crippen LogP contribution in [0.4, 0.5) is 13.2 Å². The summed E-state index contributed by atoms with van der Waals surface area (Å²) in [6.07, 6.45) is -4.84. The van der Waals surface area contributed by atoms with Crippen molar-refractivity contribution in [1.29, 1.82) is 0 Å². The zero-order valence-corrected chi connectivity index (χ0v) is 11.5. The smallest absolute Gasteiger partial charge is 0.401 e. The number of carboxylic acid groups (broad SMARTS) is 1. The maximum atomic E-state index is 12.9. The standard InChI is InChI=1S/C11H7Cl2F3O2S/c12-5-1-4-2-6(10(17)18)9(11(14,15)16)19-8(4)7(13)3-5/h1,3,6,9H,2H2,(H,17,18). The molecule has 2 atom stereocenters. The Balaban J connectivity index is 2.48. The molecule has 0 radical (unpaired) electrons. The first-order valence-corrected chi connectivity index (χ1v) is 6.78. The van der Waals surface area contributed by atoms with Gasteiger partial charge in [-0.1, -0.05) is 23.2 Å². The van der Waals surface area contributed by atoms with Crippen molar-refractivity contribution in [3.8, 4) is 0 Å². The number of aliphatic carboxylic acids is 1. The molecule has 2 unspecified atom stereocenters. The number of fused-ring (bicyclic) bond motifs is 1. The lowest BCUT2D eigenvalue weighted by Gasteiger charge is -2.31. The van der Waals surface area contributed by atoms with E-state index in [1.165, 1.54) is 12.1 Å². The summed E-state index contributed by atoms with van der Waals surface area (Å²) in [5, 5.41) is 7.35. The lowest BCUT2D eigenvalue weighted by Crippen LogP contribution is -2.41. The third kappa shape index (κ3) is 2.95. The van der Waals surface area contributed by atoms with Crippen molar-refractivity contribution in [3.63, 3.8) is 0 Å². The number of rotatable bonds is 1. The zero-order valence-electron chi connectivity index (χ0n) is 9.17. The predicted molar refractivity (Wildman–Crippen MR) is 67.0 cm³/mol. The topological polar surface area (TPSA) is 37.3 Å². The van der Waals surface area contributed by atoms with E-state index >= 15 is 0 Å². The van der Waals surface area contributed by atoms with Crippen LogP contribution in [0.3, 0.4) is 0 Å². The lowest BCUT2D eigenvalue weighted by molar-refractivity contribution is -0.160. The van der Waals surface area contributed by atoms with E-state index < -0.39 is 23.3 Å². The maximum absolute atomic E-state index is 12.9. The third-order valence-corrected chi connectivity index (χ3v) is 4.97. The van der Waals surface area contributed by atoms with E-state index in [-0.39, 0.29) is 21.4 Å². The van der Waals surface area contributed by atoms with Crippen molar-refractivity contribution in [1.82, 2.24) is 0 Å². The van der Waals surface area contributed by atoms with Gasteiger partial charge < -0.3 is 5.11 Å². The normalized spacial score (nSPS) is 23.0. The Morgan fingerprint density at radius 3 is 2.53 bits per heavy atom. The molecule has 0 amide bonds. The van der Waals surface area contributed by atoms with Crippen molar-refractivity contribution in [2.45, 2.75) is 22.7 Å². The van der Waals surface area contributed by atoms with Crippen LogP contribution in [0.2, 0.25) is 10.0 Å². The van der Waals surface area contributed by atoms with Crippen LogP contribution in [0.5, 0.6) is 0 Å². The number of benzene rings is 1. The van der Waals surface area contributed by atoms with Crippen LogP contribution < -0.4 is 0 Å². The first-order chi connectivity index (χ1) is 8.70. The highest BCUT2D eigenvalue weighted by Gasteiger charge is 2.51. The SMILES string of the molecule is O=C(O)C1Cc2cc(Cl)cc(Cl)c2SC1C(F)(F)F. The van der Waals surface area contributed by atoms with Gasteiger partial charge in [0.15, 0.2) is 0 Å². The highest BCUT2D eigenvalue weighted by Crippen LogP contribution is 2.49. The first-order valence-electron chi connectivity index (χ1n) is 5.14. The molecule has 8 heteroatoms. The Morgan fingerprint density at radius 2 is 2.00 bits per heavy atom. The average molecular weight is 331 g/mol. The van der Waals surface area contributed by atoms with Gasteiger partial charge in [0, 0.05) is 9.92 Å². The molecule has 0 fully saturated rings. The molecule has 104 valence electrons. The van der Waals surface area contributed by atoms with Crippen molar-refractivity contribution < 1.29 is 23.1 Å². The number of halogens is 5. The summed E-state index contributed by atoms with van der Waals surface area (Å²) in [6.45, 7) is 0. The molecule has 0 bridgehead atoms. The maximum Gasteiger partial charge on any atom is 0.401 e. The van der Waals surface area contributed by atoms with Crippen LogP contribution >= 0.6 is 35.0 Å². The first kappa shape index (κ1) is 14.8. The van der Waals surface area contributed by atoms with Crippen LogP contribution in [0, 0.1) is 5.92 Å². The quantitative estimate of drug-likeness (QED) is 0.835. The summed E-state index contributed by atoms with van der Waals surface area (Å²) in [7, 11) is 0. The Kier molecular flexibility index (Phi) is 3.95. The average Bonchev–Trinajstić information content (AvgIpc) is 2.25. The number of carbonyl (C=O) groups is 1. The van der Waals surface area contributed by atoms with E-state index in [1.54, 1.807) is 0 Å². The second kappa shape index (κ2) is 5.07. The largest absolute Gasteiger partial charge is 0.481 e. The van der Waals surface area contributed by atoms with Gasteiger partial charge in [0.25, 0.3) is 0 Å². The summed E-state index contributed by atoms with van der Waals surface area (Å²) >= 11 is 12.1. The summed E-state index contributed by atoms with van der Waals surface area (Å²) in [5.41, 5.74) is 0.440. The molecule has 1 aromatic carbocycles. The van der Waals surface area contributed by atoms with Crippen molar-refractivity contribution in [3.05, 3.63) is 27.7 Å². The van der Waals surface area contributed by atoms with Gasteiger partial charge in [-0.05, 0) is 24.1 Å². The number of carboxylic acids is 1. The molecule has 0 saturated carbocycles. The number of hydrogen-bond donors (Lipinski definition) is 1. The molecule has 0 aromatic heterocycles. The minimum Gasteiger partial charge on any atom is -0.481 e. The molecule has 1 aliphatic heterocycles. The van der Waals surface area contributed by atoms with E-state index in [2.05, 4.69) is 0 Å². The Morgan fingerprint density at radius 1 is 1.37 bits per heavy atom. The van der Waals surface area contributed by atoms with Gasteiger partial charge in [-0.2, -0.15) is 13.2 Å². The van der Waals surface area contributed by atoms with E-state index in [4.69, 9.17) is 28.3 Å². The lowest BCUT2D eigenvalue weighted by atomic mass is 9.94. The number of hydrogen-bond acceptors (Lipinski definition) is 2. The Hall–Kier alpha value is -0.590. The van der Waals surface area contributed by atoms with Gasteiger partial charge >= 0.3 is 12.1 Å². The summed E-state index contributed by atoms with van der Waals surface area (Å²) in [5.74, 6) is -3.01. The molecule has 1 aliphatic rings. The van der Waals surface area contributed by atoms with Gasteiger partial charge in [0.1, 0.15) is 5.25 Å². The van der Waals surface area contributed by atoms with Crippen molar-refractivity contribution >= 4 is 40.9 Å². The minimum atomic E-state index is -4.60. The molecule has 19 heavy (non-hydrogen) atoms. The fourth-order valence-electron chi connectivity index (χ4n) is 1.96. The minimum absolute atomic E-state index is 0.116. The molecule has 1 heterocycles. The number of alkyl halides is 3. The molecular weight excluding hydrogens is 324 g/mol. The highest BCUT2D eigenvalue weighted by molar-refractivity contribution is 8.00. The fourth-order valence-corrected chi connectivity index (χ4v) is 3.86. The van der Waals surface area contributed by atoms with Gasteiger partial charge in [-0.25, -0.2) is 0 Å². The molecule has 2 rings (SSSR count). The van der Waals surface area contributed by atoms with Crippen LogP contribution in [-0.4, -0.2) is 22.5 Å². The second-order valence-electron chi connectivity index (χ2n) is 4.10. The van der Waals surface area contributed by atoms with E-state index in [0.29, 0.717) is 17.3 Å². The molecule has 0 saturated heterocycles. The Labute approximate surface area is 120 Å². The zero-order chi connectivity index (χ0) is 14.4.